The van der Waals surface area contributed by atoms with Crippen LogP contribution in [-0.2, 0) is 4.74 Å². The topological polar surface area (TPSA) is 50.9 Å². The zero-order valence-electron chi connectivity index (χ0n) is 11.7. The highest BCUT2D eigenvalue weighted by molar-refractivity contribution is 6.34. The fourth-order valence-corrected chi connectivity index (χ4v) is 3.77. The zero-order chi connectivity index (χ0) is 14.2. The van der Waals surface area contributed by atoms with Crippen molar-refractivity contribution in [3.63, 3.8) is 0 Å². The summed E-state index contributed by atoms with van der Waals surface area (Å²) in [6.07, 6.45) is 4.57. The summed E-state index contributed by atoms with van der Waals surface area (Å²) in [6.45, 7) is 0.683. The van der Waals surface area contributed by atoms with Gasteiger partial charge < -0.3 is 15.4 Å². The molecule has 4 nitrogen and oxygen atoms in total. The Morgan fingerprint density at radius 2 is 2.20 bits per heavy atom. The number of aliphatic imine (C=N–C) groups is 1. The fourth-order valence-electron chi connectivity index (χ4n) is 3.55. The van der Waals surface area contributed by atoms with Gasteiger partial charge >= 0.3 is 0 Å². The molecule has 1 heterocycles. The van der Waals surface area contributed by atoms with Crippen LogP contribution in [0.5, 0.6) is 0 Å². The molecule has 1 aliphatic heterocycles. The maximum Gasteiger partial charge on any atom is 0.196 e. The smallest absolute Gasteiger partial charge is 0.196 e. The van der Waals surface area contributed by atoms with Crippen molar-refractivity contribution in [2.75, 3.05) is 18.6 Å². The summed E-state index contributed by atoms with van der Waals surface area (Å²) in [5, 5.41) is 0.701. The van der Waals surface area contributed by atoms with Gasteiger partial charge in [0.15, 0.2) is 5.96 Å². The Morgan fingerprint density at radius 3 is 2.95 bits per heavy atom. The molecule has 2 atom stereocenters. The first-order valence-corrected chi connectivity index (χ1v) is 7.44. The zero-order valence-corrected chi connectivity index (χ0v) is 12.4. The lowest BCUT2D eigenvalue weighted by Gasteiger charge is -2.47. The molecular weight excluding hydrogens is 274 g/mol. The van der Waals surface area contributed by atoms with Crippen LogP contribution in [-0.4, -0.2) is 31.3 Å². The first kappa shape index (κ1) is 13.7. The molecule has 3 rings (SSSR count). The molecule has 5 heteroatoms. The van der Waals surface area contributed by atoms with Gasteiger partial charge in [0.2, 0.25) is 0 Å². The molecule has 2 N–H and O–H groups in total. The van der Waals surface area contributed by atoms with Crippen molar-refractivity contribution in [1.29, 1.82) is 0 Å². The normalized spacial score (nSPS) is 29.8. The molecule has 0 aromatic heterocycles. The maximum atomic E-state index is 6.37. The van der Waals surface area contributed by atoms with Gasteiger partial charge in [-0.3, -0.25) is 4.99 Å². The summed E-state index contributed by atoms with van der Waals surface area (Å²) < 4.78 is 5.76. The lowest BCUT2D eigenvalue weighted by Crippen LogP contribution is -2.61. The summed E-state index contributed by atoms with van der Waals surface area (Å²) in [5.74, 6) is 0.544. The molecule has 1 aliphatic carbocycles. The first-order chi connectivity index (χ1) is 9.69. The second-order valence-electron chi connectivity index (χ2n) is 5.53. The van der Waals surface area contributed by atoms with Gasteiger partial charge in [0.1, 0.15) is 0 Å². The number of methoxy groups -OCH3 is 1. The summed E-state index contributed by atoms with van der Waals surface area (Å²) >= 11 is 6.37. The summed E-state index contributed by atoms with van der Waals surface area (Å²) in [7, 11) is 1.77. The minimum Gasteiger partial charge on any atom is -0.379 e. The number of anilines is 1. The average molecular weight is 294 g/mol. The molecule has 0 radical (unpaired) electrons. The van der Waals surface area contributed by atoms with Crippen molar-refractivity contribution < 1.29 is 4.74 Å². The van der Waals surface area contributed by atoms with Crippen LogP contribution < -0.4 is 10.6 Å². The van der Waals surface area contributed by atoms with Crippen LogP contribution in [0.25, 0.3) is 0 Å². The highest BCUT2D eigenvalue weighted by Gasteiger charge is 2.50. The van der Waals surface area contributed by atoms with E-state index in [1.807, 2.05) is 24.3 Å². The summed E-state index contributed by atoms with van der Waals surface area (Å²) in [4.78, 5) is 6.59. The molecule has 1 spiro atoms. The van der Waals surface area contributed by atoms with Gasteiger partial charge in [0, 0.05) is 7.11 Å². The van der Waals surface area contributed by atoms with Crippen LogP contribution in [0.1, 0.15) is 25.7 Å². The number of nitrogens with two attached hydrogens (primary N) is 1. The lowest BCUT2D eigenvalue weighted by atomic mass is 9.78. The number of nitrogens with zero attached hydrogens (tertiary/aromatic N) is 2. The number of guanidine groups is 1. The van der Waals surface area contributed by atoms with E-state index in [4.69, 9.17) is 22.1 Å². The highest BCUT2D eigenvalue weighted by atomic mass is 35.5. The van der Waals surface area contributed by atoms with Gasteiger partial charge in [-0.25, -0.2) is 0 Å². The largest absolute Gasteiger partial charge is 0.379 e. The third-order valence-corrected chi connectivity index (χ3v) is 4.81. The molecule has 108 valence electrons. The van der Waals surface area contributed by atoms with Crippen LogP contribution >= 0.6 is 11.6 Å². The molecule has 2 aliphatic rings. The lowest BCUT2D eigenvalue weighted by molar-refractivity contribution is 0.0144. The molecule has 20 heavy (non-hydrogen) atoms. The van der Waals surface area contributed by atoms with Crippen molar-refractivity contribution in [2.24, 2.45) is 10.7 Å². The monoisotopic (exact) mass is 293 g/mol. The predicted octanol–water partition coefficient (Wildman–Crippen LogP) is 2.80. The van der Waals surface area contributed by atoms with Gasteiger partial charge in [0.25, 0.3) is 0 Å². The maximum absolute atomic E-state index is 6.37. The van der Waals surface area contributed by atoms with Crippen molar-refractivity contribution >= 4 is 23.2 Å². The molecular formula is C15H20ClN3O. The van der Waals surface area contributed by atoms with E-state index < -0.39 is 0 Å². The van der Waals surface area contributed by atoms with E-state index in [0.717, 1.165) is 18.5 Å². The van der Waals surface area contributed by atoms with E-state index in [1.54, 1.807) is 7.11 Å². The van der Waals surface area contributed by atoms with Crippen LogP contribution in [0.15, 0.2) is 29.3 Å². The first-order valence-electron chi connectivity index (χ1n) is 7.06. The van der Waals surface area contributed by atoms with E-state index in [9.17, 15) is 0 Å². The van der Waals surface area contributed by atoms with Crippen molar-refractivity contribution in [2.45, 2.75) is 37.3 Å². The van der Waals surface area contributed by atoms with Crippen LogP contribution in [0.3, 0.4) is 0 Å². The second-order valence-corrected chi connectivity index (χ2v) is 5.94. The Morgan fingerprint density at radius 1 is 1.40 bits per heavy atom. The standard InChI is InChI=1S/C15H20ClN3O/c1-20-13-8-4-5-9-15(13)10-18-14(17)19(15)12-7-3-2-6-11(12)16/h2-3,6-7,13H,4-5,8-10H2,1H3,(H2,17,18). The SMILES string of the molecule is COC1CCCCC12CN=C(N)N2c1ccccc1Cl. The number of para-hydroxylation sites is 1. The molecule has 1 aromatic carbocycles. The van der Waals surface area contributed by atoms with E-state index in [-0.39, 0.29) is 11.6 Å². The molecule has 0 saturated heterocycles. The number of benzene rings is 1. The Balaban J connectivity index is 2.06. The minimum absolute atomic E-state index is 0.136. The van der Waals surface area contributed by atoms with Gasteiger partial charge in [-0.15, -0.1) is 0 Å². The molecule has 1 saturated carbocycles. The molecule has 2 unspecified atom stereocenters. The average Bonchev–Trinajstić information content (AvgIpc) is 2.78. The van der Waals surface area contributed by atoms with E-state index in [2.05, 4.69) is 9.89 Å². The number of rotatable bonds is 2. The quantitative estimate of drug-likeness (QED) is 0.912. The van der Waals surface area contributed by atoms with E-state index >= 15 is 0 Å². The van der Waals surface area contributed by atoms with Crippen molar-refractivity contribution in [3.05, 3.63) is 29.3 Å². The summed E-state index contributed by atoms with van der Waals surface area (Å²) in [6, 6.07) is 7.79. The van der Waals surface area contributed by atoms with Crippen LogP contribution in [0.2, 0.25) is 5.02 Å². The molecule has 0 bridgehead atoms. The van der Waals surface area contributed by atoms with Crippen LogP contribution in [0, 0.1) is 0 Å². The predicted molar refractivity (Wildman–Crippen MR) is 82.4 cm³/mol. The van der Waals surface area contributed by atoms with Crippen molar-refractivity contribution in [1.82, 2.24) is 0 Å². The Labute approximate surface area is 124 Å². The summed E-state index contributed by atoms with van der Waals surface area (Å²) in [5.41, 5.74) is 6.91. The third-order valence-electron chi connectivity index (χ3n) is 4.49. The Kier molecular flexibility index (Phi) is 3.61. The highest BCUT2D eigenvalue weighted by Crippen LogP contribution is 2.43. The van der Waals surface area contributed by atoms with E-state index in [0.29, 0.717) is 17.5 Å². The van der Waals surface area contributed by atoms with E-state index in [1.165, 1.54) is 12.8 Å². The number of hydrogen-bond acceptors (Lipinski definition) is 4. The number of hydrogen-bond donors (Lipinski definition) is 1. The second kappa shape index (κ2) is 5.26. The van der Waals surface area contributed by atoms with Gasteiger partial charge in [-0.1, -0.05) is 36.6 Å². The number of ether oxygens (including phenoxy) is 1. The number of halogens is 1. The van der Waals surface area contributed by atoms with Gasteiger partial charge in [0.05, 0.1) is 28.9 Å². The Hall–Kier alpha value is -1.26. The van der Waals surface area contributed by atoms with Crippen molar-refractivity contribution in [3.8, 4) is 0 Å². The van der Waals surface area contributed by atoms with Gasteiger partial charge in [-0.05, 0) is 25.0 Å². The third kappa shape index (κ3) is 1.98. The fraction of sp³-hybridized carbons (Fsp3) is 0.533. The Bertz CT molecular complexity index is 534. The van der Waals surface area contributed by atoms with Crippen LogP contribution in [0.4, 0.5) is 5.69 Å². The molecule has 1 aromatic rings. The van der Waals surface area contributed by atoms with Gasteiger partial charge in [-0.2, -0.15) is 0 Å². The minimum atomic E-state index is -0.178. The molecule has 1 fully saturated rings. The molecule has 0 amide bonds.